The van der Waals surface area contributed by atoms with E-state index in [9.17, 15) is 9.90 Å². The highest BCUT2D eigenvalue weighted by molar-refractivity contribution is 5.77. The van der Waals surface area contributed by atoms with E-state index in [4.69, 9.17) is 14.2 Å². The molecular formula is C21H29N3O5. The van der Waals surface area contributed by atoms with Gasteiger partial charge in [0.2, 0.25) is 5.91 Å². The first kappa shape index (κ1) is 21.1. The second kappa shape index (κ2) is 9.28. The molecule has 0 spiro atoms. The molecule has 1 aromatic carbocycles. The maximum absolute atomic E-state index is 13.1. The zero-order chi connectivity index (χ0) is 21.0. The van der Waals surface area contributed by atoms with Gasteiger partial charge in [0, 0.05) is 25.2 Å². The Balaban J connectivity index is 1.83. The number of benzene rings is 1. The highest BCUT2D eigenvalue weighted by Crippen LogP contribution is 2.36. The van der Waals surface area contributed by atoms with Crippen LogP contribution in [0.15, 0.2) is 24.3 Å². The van der Waals surface area contributed by atoms with Crippen LogP contribution in [0.4, 0.5) is 0 Å². The molecule has 3 rings (SSSR count). The number of carbonyl (C=O) groups excluding carboxylic acids is 1. The molecule has 0 saturated carbocycles. The Bertz CT molecular complexity index is 851. The third kappa shape index (κ3) is 4.54. The van der Waals surface area contributed by atoms with Gasteiger partial charge in [-0.25, -0.2) is 0 Å². The predicted molar refractivity (Wildman–Crippen MR) is 107 cm³/mol. The second-order valence-electron chi connectivity index (χ2n) is 7.14. The lowest BCUT2D eigenvalue weighted by molar-refractivity contribution is -0.150. The van der Waals surface area contributed by atoms with Crippen LogP contribution in [0.2, 0.25) is 0 Å². The summed E-state index contributed by atoms with van der Waals surface area (Å²) >= 11 is 0. The highest BCUT2D eigenvalue weighted by atomic mass is 16.5. The Morgan fingerprint density at radius 1 is 1.24 bits per heavy atom. The fourth-order valence-electron chi connectivity index (χ4n) is 3.84. The summed E-state index contributed by atoms with van der Waals surface area (Å²) in [5, 5.41) is 14.3. The molecule has 1 saturated heterocycles. The van der Waals surface area contributed by atoms with E-state index < -0.39 is 12.1 Å². The molecule has 1 aromatic heterocycles. The number of aliphatic hydroxyl groups is 1. The summed E-state index contributed by atoms with van der Waals surface area (Å²) in [5.41, 5.74) is 2.80. The fraction of sp³-hybridized carbons (Fsp3) is 0.524. The van der Waals surface area contributed by atoms with Crippen LogP contribution in [-0.4, -0.2) is 65.8 Å². The van der Waals surface area contributed by atoms with Gasteiger partial charge in [0.1, 0.15) is 6.10 Å². The van der Waals surface area contributed by atoms with Crippen molar-refractivity contribution in [3.8, 4) is 11.5 Å². The van der Waals surface area contributed by atoms with Crippen LogP contribution in [0.3, 0.4) is 0 Å². The number of morpholine rings is 1. The molecule has 1 aliphatic heterocycles. The largest absolute Gasteiger partial charge is 0.493 e. The van der Waals surface area contributed by atoms with Crippen LogP contribution in [0.1, 0.15) is 29.4 Å². The zero-order valence-electron chi connectivity index (χ0n) is 17.4. The van der Waals surface area contributed by atoms with E-state index in [1.165, 1.54) is 0 Å². The summed E-state index contributed by atoms with van der Waals surface area (Å²) in [6, 6.07) is 7.11. The van der Waals surface area contributed by atoms with Crippen molar-refractivity contribution in [2.24, 2.45) is 0 Å². The zero-order valence-corrected chi connectivity index (χ0v) is 17.4. The van der Waals surface area contributed by atoms with Crippen LogP contribution in [0.25, 0.3) is 0 Å². The molecule has 158 valence electrons. The van der Waals surface area contributed by atoms with E-state index in [-0.39, 0.29) is 12.5 Å². The number of nitrogens with zero attached hydrogens (tertiary/aromatic N) is 3. The van der Waals surface area contributed by atoms with Crippen molar-refractivity contribution < 1.29 is 24.1 Å². The number of amides is 1. The van der Waals surface area contributed by atoms with Crippen molar-refractivity contribution in [3.05, 3.63) is 41.2 Å². The second-order valence-corrected chi connectivity index (χ2v) is 7.14. The average molecular weight is 403 g/mol. The number of hydrogen-bond acceptors (Lipinski definition) is 6. The Morgan fingerprint density at radius 2 is 2.00 bits per heavy atom. The molecule has 0 bridgehead atoms. The summed E-state index contributed by atoms with van der Waals surface area (Å²) in [7, 11) is 3.15. The molecule has 8 heteroatoms. The molecule has 8 nitrogen and oxygen atoms in total. The monoisotopic (exact) mass is 403 g/mol. The summed E-state index contributed by atoms with van der Waals surface area (Å²) in [6.45, 7) is 5.10. The number of rotatable bonds is 7. The van der Waals surface area contributed by atoms with Crippen molar-refractivity contribution in [2.45, 2.75) is 39.0 Å². The molecule has 0 unspecified atom stereocenters. The Morgan fingerprint density at radius 3 is 2.62 bits per heavy atom. The first-order valence-corrected chi connectivity index (χ1v) is 9.73. The van der Waals surface area contributed by atoms with Crippen molar-refractivity contribution >= 4 is 5.91 Å². The minimum Gasteiger partial charge on any atom is -0.493 e. The predicted octanol–water partition coefficient (Wildman–Crippen LogP) is 1.87. The average Bonchev–Trinajstić information content (AvgIpc) is 3.07. The smallest absolute Gasteiger partial charge is 0.225 e. The summed E-state index contributed by atoms with van der Waals surface area (Å²) in [6.07, 6.45) is -0.177. The molecule has 0 aliphatic carbocycles. The van der Waals surface area contributed by atoms with Gasteiger partial charge in [-0.3, -0.25) is 9.48 Å². The van der Waals surface area contributed by atoms with Crippen molar-refractivity contribution in [1.29, 1.82) is 0 Å². The normalized spacial score (nSPS) is 19.3. The maximum atomic E-state index is 13.1. The molecule has 1 N–H and O–H groups in total. The first-order chi connectivity index (χ1) is 14.0. The number of methoxy groups -OCH3 is 2. The Kier molecular flexibility index (Phi) is 6.76. The van der Waals surface area contributed by atoms with Gasteiger partial charge in [-0.05, 0) is 37.6 Å². The summed E-state index contributed by atoms with van der Waals surface area (Å²) < 4.78 is 18.3. The lowest BCUT2D eigenvalue weighted by Crippen LogP contribution is -2.49. The van der Waals surface area contributed by atoms with Crippen LogP contribution in [0, 0.1) is 13.8 Å². The van der Waals surface area contributed by atoms with E-state index in [1.54, 1.807) is 25.2 Å². The molecule has 1 amide bonds. The molecule has 2 atom stereocenters. The van der Waals surface area contributed by atoms with Crippen LogP contribution < -0.4 is 9.47 Å². The minimum atomic E-state index is -0.500. The molecular weight excluding hydrogens is 374 g/mol. The SMILES string of the molecule is COc1ccc([C@@H]2[C@@H](CO)OCCN2C(=O)CCn2nc(C)cc2C)cc1OC. The summed E-state index contributed by atoms with van der Waals surface area (Å²) in [4.78, 5) is 14.9. The van der Waals surface area contributed by atoms with Crippen LogP contribution in [0.5, 0.6) is 11.5 Å². The standard InChI is InChI=1S/C21H29N3O5/c1-14-11-15(2)24(22-14)8-7-20(26)23-9-10-29-19(13-25)21(23)16-5-6-17(27-3)18(12-16)28-4/h5-6,11-12,19,21,25H,7-10,13H2,1-4H3/t19-,21-/m1/s1. The first-order valence-electron chi connectivity index (χ1n) is 9.73. The van der Waals surface area contributed by atoms with Gasteiger partial charge in [-0.15, -0.1) is 0 Å². The number of hydrogen-bond donors (Lipinski definition) is 1. The van der Waals surface area contributed by atoms with E-state index in [2.05, 4.69) is 5.10 Å². The van der Waals surface area contributed by atoms with E-state index >= 15 is 0 Å². The van der Waals surface area contributed by atoms with Crippen LogP contribution in [-0.2, 0) is 16.1 Å². The molecule has 1 aliphatic rings. The van der Waals surface area contributed by atoms with Gasteiger partial charge in [-0.1, -0.05) is 6.07 Å². The quantitative estimate of drug-likeness (QED) is 0.760. The fourth-order valence-corrected chi connectivity index (χ4v) is 3.84. The minimum absolute atomic E-state index is 0.000844. The Hall–Kier alpha value is -2.58. The van der Waals surface area contributed by atoms with Gasteiger partial charge >= 0.3 is 0 Å². The molecule has 29 heavy (non-hydrogen) atoms. The van der Waals surface area contributed by atoms with Gasteiger partial charge in [-0.2, -0.15) is 5.10 Å². The van der Waals surface area contributed by atoms with Gasteiger partial charge in [0.05, 0.1) is 39.2 Å². The summed E-state index contributed by atoms with van der Waals surface area (Å²) in [5.74, 6) is 1.18. The third-order valence-electron chi connectivity index (χ3n) is 5.24. The molecule has 1 fully saturated rings. The lowest BCUT2D eigenvalue weighted by atomic mass is 9.97. The number of aromatic nitrogens is 2. The molecule has 0 radical (unpaired) electrons. The number of aryl methyl sites for hydroxylation is 3. The number of aliphatic hydroxyl groups excluding tert-OH is 1. The van der Waals surface area contributed by atoms with E-state index in [0.29, 0.717) is 37.6 Å². The van der Waals surface area contributed by atoms with Crippen LogP contribution >= 0.6 is 0 Å². The maximum Gasteiger partial charge on any atom is 0.225 e. The molecule has 2 aromatic rings. The topological polar surface area (TPSA) is 86.0 Å². The van der Waals surface area contributed by atoms with Gasteiger partial charge in [0.15, 0.2) is 11.5 Å². The Labute approximate surface area is 171 Å². The van der Waals surface area contributed by atoms with Crippen molar-refractivity contribution in [1.82, 2.24) is 14.7 Å². The third-order valence-corrected chi connectivity index (χ3v) is 5.24. The van der Waals surface area contributed by atoms with Crippen molar-refractivity contribution in [2.75, 3.05) is 34.0 Å². The van der Waals surface area contributed by atoms with Gasteiger partial charge in [0.25, 0.3) is 0 Å². The van der Waals surface area contributed by atoms with E-state index in [1.807, 2.05) is 36.7 Å². The van der Waals surface area contributed by atoms with Crippen molar-refractivity contribution in [3.63, 3.8) is 0 Å². The molecule has 2 heterocycles. The number of carbonyl (C=O) groups is 1. The number of ether oxygens (including phenoxy) is 3. The highest BCUT2D eigenvalue weighted by Gasteiger charge is 2.36. The van der Waals surface area contributed by atoms with E-state index in [0.717, 1.165) is 17.0 Å². The van der Waals surface area contributed by atoms with Gasteiger partial charge < -0.3 is 24.2 Å². The lowest BCUT2D eigenvalue weighted by Gasteiger charge is -2.41.